The van der Waals surface area contributed by atoms with Crippen LogP contribution in [0, 0.1) is 5.92 Å². The van der Waals surface area contributed by atoms with E-state index < -0.39 is 12.0 Å². The first-order valence-corrected chi connectivity index (χ1v) is 6.26. The van der Waals surface area contributed by atoms with Crippen LogP contribution in [0.2, 0.25) is 0 Å². The van der Waals surface area contributed by atoms with E-state index in [4.69, 9.17) is 10.8 Å². The molecule has 0 aromatic carbocycles. The molecular weight excluding hydrogens is 228 g/mol. The summed E-state index contributed by atoms with van der Waals surface area (Å²) >= 11 is 1.21. The Morgan fingerprint density at radius 3 is 2.31 bits per heavy atom. The second-order valence-corrected chi connectivity index (χ2v) is 5.05. The molecule has 0 saturated carbocycles. The fourth-order valence-electron chi connectivity index (χ4n) is 1.31. The highest BCUT2D eigenvalue weighted by atomic mass is 32.2. The molecule has 0 radical (unpaired) electrons. The quantitative estimate of drug-likeness (QED) is 0.655. The molecule has 6 heteroatoms. The van der Waals surface area contributed by atoms with E-state index in [2.05, 4.69) is 0 Å². The summed E-state index contributed by atoms with van der Waals surface area (Å²) in [6.07, 6.45) is 0.439. The Morgan fingerprint density at radius 2 is 2.00 bits per heavy atom. The molecule has 0 fully saturated rings. The molecule has 0 aliphatic carbocycles. The van der Waals surface area contributed by atoms with Crippen molar-refractivity contribution in [1.82, 2.24) is 4.31 Å². The van der Waals surface area contributed by atoms with Gasteiger partial charge in [-0.3, -0.25) is 9.10 Å². The summed E-state index contributed by atoms with van der Waals surface area (Å²) in [6.45, 7) is 5.57. The normalized spacial score (nSPS) is 12.6. The summed E-state index contributed by atoms with van der Waals surface area (Å²) in [5.74, 6) is -0.448. The Labute approximate surface area is 100 Å². The number of rotatable bonds is 7. The van der Waals surface area contributed by atoms with Gasteiger partial charge in [0, 0.05) is 5.75 Å². The number of carboxylic acid groups (broad SMARTS) is 1. The van der Waals surface area contributed by atoms with Gasteiger partial charge in [0.1, 0.15) is 6.04 Å². The highest BCUT2D eigenvalue weighted by Crippen LogP contribution is 2.20. The summed E-state index contributed by atoms with van der Waals surface area (Å²) in [5.41, 5.74) is 5.27. The molecule has 0 aromatic heterocycles. The molecule has 0 aromatic rings. The fraction of sp³-hybridized carbons (Fsp3) is 0.800. The topological polar surface area (TPSA) is 83.6 Å². The molecular formula is C10H20N2O3S. The summed E-state index contributed by atoms with van der Waals surface area (Å²) in [7, 11) is 0. The predicted octanol–water partition coefficient (Wildman–Crippen LogP) is 0.941. The lowest BCUT2D eigenvalue weighted by Crippen LogP contribution is -2.44. The number of hydrogen-bond acceptors (Lipinski definition) is 4. The van der Waals surface area contributed by atoms with Gasteiger partial charge in [0.15, 0.2) is 0 Å². The summed E-state index contributed by atoms with van der Waals surface area (Å²) in [6, 6.07) is -0.791. The van der Waals surface area contributed by atoms with Crippen molar-refractivity contribution in [2.45, 2.75) is 33.2 Å². The minimum Gasteiger partial charge on any atom is -0.480 e. The van der Waals surface area contributed by atoms with Crippen LogP contribution < -0.4 is 5.73 Å². The molecule has 0 bridgehead atoms. The molecule has 0 rings (SSSR count). The van der Waals surface area contributed by atoms with Gasteiger partial charge in [-0.2, -0.15) is 0 Å². The van der Waals surface area contributed by atoms with Gasteiger partial charge in [-0.25, -0.2) is 4.79 Å². The number of carboxylic acids is 1. The van der Waals surface area contributed by atoms with E-state index in [1.807, 2.05) is 20.8 Å². The van der Waals surface area contributed by atoms with Gasteiger partial charge < -0.3 is 10.8 Å². The van der Waals surface area contributed by atoms with Gasteiger partial charge in [0.25, 0.3) is 0 Å². The van der Waals surface area contributed by atoms with Crippen LogP contribution in [0.3, 0.4) is 0 Å². The van der Waals surface area contributed by atoms with Crippen LogP contribution in [-0.4, -0.2) is 39.6 Å². The van der Waals surface area contributed by atoms with Crippen LogP contribution in [0.25, 0.3) is 0 Å². The average Bonchev–Trinajstić information content (AvgIpc) is 2.21. The number of nitrogens with two attached hydrogens (primary N) is 1. The first-order chi connectivity index (χ1) is 7.43. The number of nitrogens with zero attached hydrogens (tertiary/aromatic N) is 1. The van der Waals surface area contributed by atoms with Gasteiger partial charge >= 0.3 is 5.97 Å². The van der Waals surface area contributed by atoms with Gasteiger partial charge in [0.05, 0.1) is 6.54 Å². The van der Waals surface area contributed by atoms with Crippen LogP contribution >= 0.6 is 11.9 Å². The minimum absolute atomic E-state index is 0.158. The van der Waals surface area contributed by atoms with Crippen molar-refractivity contribution in [3.8, 4) is 0 Å². The van der Waals surface area contributed by atoms with E-state index >= 15 is 0 Å². The molecule has 1 atom stereocenters. The van der Waals surface area contributed by atoms with E-state index in [0.29, 0.717) is 12.2 Å². The maximum Gasteiger partial charge on any atom is 0.327 e. The van der Waals surface area contributed by atoms with E-state index in [1.54, 1.807) is 0 Å². The highest BCUT2D eigenvalue weighted by molar-refractivity contribution is 7.97. The summed E-state index contributed by atoms with van der Waals surface area (Å²) in [4.78, 5) is 22.7. The molecule has 16 heavy (non-hydrogen) atoms. The third kappa shape index (κ3) is 4.85. The van der Waals surface area contributed by atoms with Crippen LogP contribution in [0.4, 0.5) is 0 Å². The Morgan fingerprint density at radius 1 is 1.44 bits per heavy atom. The molecule has 0 aliphatic heterocycles. The number of aliphatic carboxylic acids is 1. The van der Waals surface area contributed by atoms with Crippen molar-refractivity contribution in [2.75, 3.05) is 12.3 Å². The molecule has 0 aliphatic rings. The Hall–Kier alpha value is -0.750. The van der Waals surface area contributed by atoms with E-state index in [9.17, 15) is 9.59 Å². The van der Waals surface area contributed by atoms with Crippen molar-refractivity contribution in [2.24, 2.45) is 11.7 Å². The second kappa shape index (κ2) is 7.51. The molecule has 5 nitrogen and oxygen atoms in total. The number of carbonyl (C=O) groups is 2. The van der Waals surface area contributed by atoms with Crippen LogP contribution in [0.15, 0.2) is 0 Å². The van der Waals surface area contributed by atoms with E-state index in [0.717, 1.165) is 0 Å². The van der Waals surface area contributed by atoms with Crippen LogP contribution in [-0.2, 0) is 9.59 Å². The maximum absolute atomic E-state index is 11.5. The highest BCUT2D eigenvalue weighted by Gasteiger charge is 2.29. The maximum atomic E-state index is 11.5. The smallest absolute Gasteiger partial charge is 0.327 e. The molecule has 0 unspecified atom stereocenters. The SMILES string of the molecule is CCSN(C(=O)CN)[C@@H](CC(C)C)C(=O)O. The molecule has 3 N–H and O–H groups in total. The first-order valence-electron chi connectivity index (χ1n) is 5.31. The van der Waals surface area contributed by atoms with Crippen molar-refractivity contribution in [1.29, 1.82) is 0 Å². The molecule has 0 spiro atoms. The van der Waals surface area contributed by atoms with Crippen LogP contribution in [0.1, 0.15) is 27.2 Å². The molecule has 1 amide bonds. The Balaban J connectivity index is 4.78. The lowest BCUT2D eigenvalue weighted by molar-refractivity contribution is -0.145. The predicted molar refractivity (Wildman–Crippen MR) is 64.9 cm³/mol. The van der Waals surface area contributed by atoms with Crippen molar-refractivity contribution >= 4 is 23.8 Å². The van der Waals surface area contributed by atoms with Crippen molar-refractivity contribution in [3.05, 3.63) is 0 Å². The fourth-order valence-corrected chi connectivity index (χ4v) is 2.16. The molecule has 94 valence electrons. The summed E-state index contributed by atoms with van der Waals surface area (Å²) in [5, 5.41) is 9.12. The minimum atomic E-state index is -0.976. The Bertz CT molecular complexity index is 246. The third-order valence-corrected chi connectivity index (χ3v) is 2.95. The largest absolute Gasteiger partial charge is 0.480 e. The van der Waals surface area contributed by atoms with Gasteiger partial charge in [-0.1, -0.05) is 20.8 Å². The van der Waals surface area contributed by atoms with Gasteiger partial charge in [-0.15, -0.1) is 0 Å². The summed E-state index contributed by atoms with van der Waals surface area (Å²) < 4.78 is 1.29. The van der Waals surface area contributed by atoms with E-state index in [1.165, 1.54) is 16.3 Å². The lowest BCUT2D eigenvalue weighted by atomic mass is 10.0. The van der Waals surface area contributed by atoms with Crippen LogP contribution in [0.5, 0.6) is 0 Å². The number of carbonyl (C=O) groups excluding carboxylic acids is 1. The first kappa shape index (κ1) is 15.2. The van der Waals surface area contributed by atoms with Crippen molar-refractivity contribution < 1.29 is 14.7 Å². The van der Waals surface area contributed by atoms with E-state index in [-0.39, 0.29) is 18.4 Å². The van der Waals surface area contributed by atoms with Crippen molar-refractivity contribution in [3.63, 3.8) is 0 Å². The second-order valence-electron chi connectivity index (χ2n) is 3.83. The Kier molecular flexibility index (Phi) is 7.16. The number of hydrogen-bond donors (Lipinski definition) is 2. The van der Waals surface area contributed by atoms with Gasteiger partial charge in [-0.05, 0) is 24.3 Å². The number of amides is 1. The third-order valence-electron chi connectivity index (χ3n) is 1.95. The molecule has 0 heterocycles. The average molecular weight is 248 g/mol. The standard InChI is InChI=1S/C10H20N2O3S/c1-4-16-12(9(13)6-11)8(10(14)15)5-7(2)3/h7-8H,4-6,11H2,1-3H3,(H,14,15)/t8-/m0/s1. The zero-order valence-corrected chi connectivity index (χ0v) is 10.8. The van der Waals surface area contributed by atoms with Gasteiger partial charge in [0.2, 0.25) is 5.91 Å². The lowest BCUT2D eigenvalue weighted by Gasteiger charge is -2.28. The zero-order valence-electron chi connectivity index (χ0n) is 9.97. The molecule has 0 saturated heterocycles. The monoisotopic (exact) mass is 248 g/mol. The zero-order chi connectivity index (χ0) is 12.7.